The number of halogens is 2. The van der Waals surface area contributed by atoms with Gasteiger partial charge in [0.05, 0.1) is 0 Å². The predicted molar refractivity (Wildman–Crippen MR) is 40.5 cm³/mol. The van der Waals surface area contributed by atoms with Gasteiger partial charge in [-0.2, -0.15) is 0 Å². The molecule has 0 aliphatic rings. The fourth-order valence-corrected chi connectivity index (χ4v) is 0. The van der Waals surface area contributed by atoms with Crippen molar-refractivity contribution in [1.29, 1.82) is 0 Å². The van der Waals surface area contributed by atoms with Crippen molar-refractivity contribution in [1.82, 2.24) is 0 Å². The van der Waals surface area contributed by atoms with Crippen LogP contribution >= 0.6 is 0 Å². The zero-order valence-electron chi connectivity index (χ0n) is 7.50. The SMILES string of the molecule is [CH2]CCC.[CH2]CCC.[Cl-].[Cl-].[Hf]. The Morgan fingerprint density at radius 2 is 0.909 bits per heavy atom. The summed E-state index contributed by atoms with van der Waals surface area (Å²) < 4.78 is 0. The second-order valence-corrected chi connectivity index (χ2v) is 1.71. The van der Waals surface area contributed by atoms with E-state index in [1.54, 1.807) is 0 Å². The minimum absolute atomic E-state index is 0. The molecule has 0 spiro atoms. The fraction of sp³-hybridized carbons (Fsp3) is 0.750. The Balaban J connectivity index is -0.0000000171. The van der Waals surface area contributed by atoms with Crippen LogP contribution in [0.4, 0.5) is 0 Å². The quantitative estimate of drug-likeness (QED) is 0.467. The second kappa shape index (κ2) is 42.1. The van der Waals surface area contributed by atoms with Crippen LogP contribution in [-0.4, -0.2) is 0 Å². The van der Waals surface area contributed by atoms with E-state index in [9.17, 15) is 0 Å². The van der Waals surface area contributed by atoms with Crippen LogP contribution in [0.15, 0.2) is 0 Å². The molecule has 0 heterocycles. The summed E-state index contributed by atoms with van der Waals surface area (Å²) in [5.74, 6) is 0. The molecule has 0 aliphatic carbocycles. The van der Waals surface area contributed by atoms with Crippen LogP contribution < -0.4 is 24.8 Å². The molecule has 0 aromatic rings. The van der Waals surface area contributed by atoms with Gasteiger partial charge in [-0.1, -0.05) is 53.4 Å². The average Bonchev–Trinajstić information content (AvgIpc) is 1.88. The van der Waals surface area contributed by atoms with Gasteiger partial charge in [0.25, 0.3) is 0 Å². The normalized spacial score (nSPS) is 5.45. The van der Waals surface area contributed by atoms with Gasteiger partial charge in [-0.3, -0.25) is 0 Å². The van der Waals surface area contributed by atoms with Gasteiger partial charge in [-0.25, -0.2) is 0 Å². The van der Waals surface area contributed by atoms with Gasteiger partial charge in [0.2, 0.25) is 0 Å². The zero-order valence-corrected chi connectivity index (χ0v) is 12.6. The molecule has 2 radical (unpaired) electrons. The van der Waals surface area contributed by atoms with Gasteiger partial charge in [0.1, 0.15) is 0 Å². The number of rotatable bonds is 2. The molecule has 0 unspecified atom stereocenters. The molecule has 0 saturated heterocycles. The Morgan fingerprint density at radius 1 is 0.818 bits per heavy atom. The Kier molecular flexibility index (Phi) is 113. The molecule has 0 bridgehead atoms. The summed E-state index contributed by atoms with van der Waals surface area (Å²) in [6, 6.07) is 0. The summed E-state index contributed by atoms with van der Waals surface area (Å²) in [7, 11) is 0. The summed E-state index contributed by atoms with van der Waals surface area (Å²) in [5.41, 5.74) is 0. The maximum atomic E-state index is 3.60. The maximum absolute atomic E-state index is 3.60. The van der Waals surface area contributed by atoms with Crippen LogP contribution in [0, 0.1) is 13.8 Å². The van der Waals surface area contributed by atoms with Crippen molar-refractivity contribution in [2.45, 2.75) is 39.5 Å². The predicted octanol–water partition coefficient (Wildman–Crippen LogP) is -2.75. The Bertz CT molecular complexity index is 20.1. The maximum Gasteiger partial charge on any atom is 0 e. The van der Waals surface area contributed by atoms with Crippen LogP contribution in [0.3, 0.4) is 0 Å². The summed E-state index contributed by atoms with van der Waals surface area (Å²) in [4.78, 5) is 0. The van der Waals surface area contributed by atoms with Crippen molar-refractivity contribution < 1.29 is 50.7 Å². The summed E-state index contributed by atoms with van der Waals surface area (Å²) in [6.45, 7) is 11.4. The standard InChI is InChI=1S/2C4H9.2ClH.Hf/c2*1-3-4-2;;;/h2*1,3-4H2,2H3;2*1H;/p-2. The van der Waals surface area contributed by atoms with Gasteiger partial charge in [0.15, 0.2) is 0 Å². The molecule has 3 heteroatoms. The topological polar surface area (TPSA) is 0 Å². The van der Waals surface area contributed by atoms with E-state index >= 15 is 0 Å². The van der Waals surface area contributed by atoms with Crippen molar-refractivity contribution in [3.63, 3.8) is 0 Å². The molecule has 0 nitrogen and oxygen atoms in total. The van der Waals surface area contributed by atoms with Gasteiger partial charge >= 0.3 is 0 Å². The zero-order chi connectivity index (χ0) is 6.83. The first-order valence-corrected chi connectivity index (χ1v) is 3.41. The van der Waals surface area contributed by atoms with Gasteiger partial charge in [-0.05, 0) is 0 Å². The molecule has 0 fully saturated rings. The molecule has 0 atom stereocenters. The molecule has 70 valence electrons. The van der Waals surface area contributed by atoms with Gasteiger partial charge in [0, 0.05) is 25.8 Å². The smallest absolute Gasteiger partial charge is 0 e. The van der Waals surface area contributed by atoms with Crippen LogP contribution in [-0.2, 0) is 25.8 Å². The molecule has 0 saturated carbocycles. The molecular weight excluding hydrogens is 345 g/mol. The van der Waals surface area contributed by atoms with Crippen LogP contribution in [0.25, 0.3) is 0 Å². The van der Waals surface area contributed by atoms with Crippen LogP contribution in [0.1, 0.15) is 39.5 Å². The van der Waals surface area contributed by atoms with Crippen molar-refractivity contribution >= 4 is 0 Å². The second-order valence-electron chi connectivity index (χ2n) is 1.71. The van der Waals surface area contributed by atoms with Crippen LogP contribution in [0.2, 0.25) is 0 Å². The van der Waals surface area contributed by atoms with Gasteiger partial charge in [-0.15, -0.1) is 0 Å². The monoisotopic (exact) mass is 364 g/mol. The minimum Gasteiger partial charge on any atom is -1.00 e. The summed E-state index contributed by atoms with van der Waals surface area (Å²) >= 11 is 0. The Labute approximate surface area is 104 Å². The molecule has 0 aliphatic heterocycles. The van der Waals surface area contributed by atoms with E-state index in [4.69, 9.17) is 0 Å². The Hall–Kier alpha value is 1.45. The van der Waals surface area contributed by atoms with Crippen LogP contribution in [0.5, 0.6) is 0 Å². The Morgan fingerprint density at radius 3 is 0.909 bits per heavy atom. The molecule has 0 amide bonds. The van der Waals surface area contributed by atoms with E-state index in [1.165, 1.54) is 12.8 Å². The van der Waals surface area contributed by atoms with Gasteiger partial charge < -0.3 is 24.8 Å². The van der Waals surface area contributed by atoms with Crippen molar-refractivity contribution in [3.05, 3.63) is 13.8 Å². The first-order chi connectivity index (χ1) is 3.83. The fourth-order valence-electron chi connectivity index (χ4n) is 0. The molecule has 0 aromatic carbocycles. The molecule has 0 aromatic heterocycles. The molecular formula is C8H18Cl2Hf-2. The third kappa shape index (κ3) is 85.9. The number of hydrogen-bond acceptors (Lipinski definition) is 0. The summed E-state index contributed by atoms with van der Waals surface area (Å²) in [6.07, 6.45) is 4.56. The van der Waals surface area contributed by atoms with E-state index in [-0.39, 0.29) is 50.7 Å². The molecule has 11 heavy (non-hydrogen) atoms. The van der Waals surface area contributed by atoms with E-state index in [0.29, 0.717) is 0 Å². The third-order valence-corrected chi connectivity index (χ3v) is 0.707. The van der Waals surface area contributed by atoms with Crippen molar-refractivity contribution in [2.24, 2.45) is 0 Å². The van der Waals surface area contributed by atoms with E-state index in [1.807, 2.05) is 0 Å². The third-order valence-electron chi connectivity index (χ3n) is 0.707. The molecule has 0 rings (SSSR count). The minimum atomic E-state index is 0. The van der Waals surface area contributed by atoms with Crippen molar-refractivity contribution in [2.75, 3.05) is 0 Å². The number of hydrogen-bond donors (Lipinski definition) is 0. The first kappa shape index (κ1) is 29.4. The average molecular weight is 364 g/mol. The van der Waals surface area contributed by atoms with E-state index < -0.39 is 0 Å². The number of unbranched alkanes of at least 4 members (excludes halogenated alkanes) is 2. The van der Waals surface area contributed by atoms with E-state index in [2.05, 4.69) is 27.7 Å². The van der Waals surface area contributed by atoms with E-state index in [0.717, 1.165) is 12.8 Å². The van der Waals surface area contributed by atoms with Crippen molar-refractivity contribution in [3.8, 4) is 0 Å². The largest absolute Gasteiger partial charge is 1.00 e. The molecule has 0 N–H and O–H groups in total. The first-order valence-electron chi connectivity index (χ1n) is 3.41. The summed E-state index contributed by atoms with van der Waals surface area (Å²) in [5, 5.41) is 0.